The van der Waals surface area contributed by atoms with E-state index < -0.39 is 0 Å². The van der Waals surface area contributed by atoms with Crippen LogP contribution in [0.1, 0.15) is 58.6 Å². The van der Waals surface area contributed by atoms with E-state index in [4.69, 9.17) is 0 Å². The average Bonchev–Trinajstić information content (AvgIpc) is 2.26. The second-order valence-electron chi connectivity index (χ2n) is 6.26. The summed E-state index contributed by atoms with van der Waals surface area (Å²) in [4.78, 5) is 0. The Morgan fingerprint density at radius 3 is 2.12 bits per heavy atom. The Balaban J connectivity index is 3.00. The van der Waals surface area contributed by atoms with Crippen LogP contribution in [0.3, 0.4) is 0 Å². The third-order valence-corrected chi connectivity index (χ3v) is 3.83. The molecule has 0 aromatic heterocycles. The summed E-state index contributed by atoms with van der Waals surface area (Å²) in [7, 11) is 0. The summed E-state index contributed by atoms with van der Waals surface area (Å²) >= 11 is 0. The summed E-state index contributed by atoms with van der Waals surface area (Å²) < 4.78 is 0. The van der Waals surface area contributed by atoms with E-state index in [0.29, 0.717) is 5.92 Å². The van der Waals surface area contributed by atoms with E-state index in [1.807, 2.05) is 6.92 Å². The van der Waals surface area contributed by atoms with E-state index in [1.165, 1.54) is 11.1 Å². The minimum atomic E-state index is -0.261. The molecule has 1 rings (SSSR count). The van der Waals surface area contributed by atoms with E-state index in [2.05, 4.69) is 58.9 Å². The molecule has 1 aromatic rings. The molecule has 0 heterocycles. The van der Waals surface area contributed by atoms with Crippen molar-refractivity contribution in [2.45, 2.75) is 59.0 Å². The molecule has 1 heteroatoms. The molecule has 0 radical (unpaired) electrons. The lowest BCUT2D eigenvalue weighted by Gasteiger charge is -2.25. The van der Waals surface area contributed by atoms with Gasteiger partial charge in [-0.3, -0.25) is 0 Å². The minimum absolute atomic E-state index is 0.184. The van der Waals surface area contributed by atoms with Gasteiger partial charge in [0.05, 0.1) is 6.10 Å². The average molecular weight is 234 g/mol. The van der Waals surface area contributed by atoms with Gasteiger partial charge >= 0.3 is 0 Å². The third-order valence-electron chi connectivity index (χ3n) is 3.83. The SMILES string of the molecule is CC(O)C(C)C(C)c1cccc(C(C)(C)C)c1. The van der Waals surface area contributed by atoms with Gasteiger partial charge in [0.2, 0.25) is 0 Å². The molecule has 1 aromatic carbocycles. The van der Waals surface area contributed by atoms with Gasteiger partial charge in [0.25, 0.3) is 0 Å². The van der Waals surface area contributed by atoms with Crippen LogP contribution in [0, 0.1) is 5.92 Å². The van der Waals surface area contributed by atoms with Crippen molar-refractivity contribution in [3.63, 3.8) is 0 Å². The van der Waals surface area contributed by atoms with Crippen LogP contribution in [0.2, 0.25) is 0 Å². The zero-order valence-corrected chi connectivity index (χ0v) is 12.0. The molecular weight excluding hydrogens is 208 g/mol. The van der Waals surface area contributed by atoms with E-state index in [-0.39, 0.29) is 17.4 Å². The molecule has 0 aliphatic carbocycles. The molecular formula is C16H26O. The fourth-order valence-electron chi connectivity index (χ4n) is 2.01. The first-order valence-electron chi connectivity index (χ1n) is 6.52. The van der Waals surface area contributed by atoms with E-state index >= 15 is 0 Å². The zero-order chi connectivity index (χ0) is 13.2. The predicted molar refractivity (Wildman–Crippen MR) is 74.4 cm³/mol. The van der Waals surface area contributed by atoms with Gasteiger partial charge in [-0.15, -0.1) is 0 Å². The van der Waals surface area contributed by atoms with E-state index in [1.54, 1.807) is 0 Å². The van der Waals surface area contributed by atoms with Gasteiger partial charge in [-0.2, -0.15) is 0 Å². The number of rotatable bonds is 3. The maximum atomic E-state index is 9.68. The first kappa shape index (κ1) is 14.2. The van der Waals surface area contributed by atoms with Crippen molar-refractivity contribution in [1.82, 2.24) is 0 Å². The fourth-order valence-corrected chi connectivity index (χ4v) is 2.01. The first-order valence-corrected chi connectivity index (χ1v) is 6.52. The van der Waals surface area contributed by atoms with Crippen LogP contribution < -0.4 is 0 Å². The molecule has 0 aliphatic heterocycles. The number of hydrogen-bond acceptors (Lipinski definition) is 1. The van der Waals surface area contributed by atoms with Gasteiger partial charge in [-0.25, -0.2) is 0 Å². The van der Waals surface area contributed by atoms with Gasteiger partial charge in [0.1, 0.15) is 0 Å². The highest BCUT2D eigenvalue weighted by molar-refractivity contribution is 5.30. The molecule has 1 N–H and O–H groups in total. The van der Waals surface area contributed by atoms with Gasteiger partial charge in [0, 0.05) is 0 Å². The Bertz CT molecular complexity index is 360. The van der Waals surface area contributed by atoms with Crippen LogP contribution >= 0.6 is 0 Å². The maximum absolute atomic E-state index is 9.68. The van der Waals surface area contributed by atoms with Crippen molar-refractivity contribution >= 4 is 0 Å². The normalized spacial score (nSPS) is 17.6. The standard InChI is InChI=1S/C16H26O/c1-11(13(3)17)12(2)14-8-7-9-15(10-14)16(4,5)6/h7-13,17H,1-6H3. The van der Waals surface area contributed by atoms with Gasteiger partial charge in [0.15, 0.2) is 0 Å². The fraction of sp³-hybridized carbons (Fsp3) is 0.625. The van der Waals surface area contributed by atoms with Crippen LogP contribution in [0.25, 0.3) is 0 Å². The highest BCUT2D eigenvalue weighted by Gasteiger charge is 2.20. The molecule has 0 spiro atoms. The Hall–Kier alpha value is -0.820. The van der Waals surface area contributed by atoms with E-state index in [9.17, 15) is 5.11 Å². The molecule has 1 nitrogen and oxygen atoms in total. The molecule has 3 atom stereocenters. The van der Waals surface area contributed by atoms with Crippen LogP contribution in [0.5, 0.6) is 0 Å². The summed E-state index contributed by atoms with van der Waals surface area (Å²) in [5, 5.41) is 9.68. The summed E-state index contributed by atoms with van der Waals surface area (Å²) in [6.07, 6.45) is -0.261. The lowest BCUT2D eigenvalue weighted by Crippen LogP contribution is -2.20. The largest absolute Gasteiger partial charge is 0.393 e. The van der Waals surface area contributed by atoms with Crippen molar-refractivity contribution in [2.75, 3.05) is 0 Å². The van der Waals surface area contributed by atoms with Crippen molar-refractivity contribution in [3.8, 4) is 0 Å². The molecule has 0 saturated carbocycles. The number of aliphatic hydroxyl groups excluding tert-OH is 1. The number of hydrogen-bond donors (Lipinski definition) is 1. The lowest BCUT2D eigenvalue weighted by atomic mass is 9.81. The van der Waals surface area contributed by atoms with E-state index in [0.717, 1.165) is 0 Å². The van der Waals surface area contributed by atoms with Crippen molar-refractivity contribution in [1.29, 1.82) is 0 Å². The highest BCUT2D eigenvalue weighted by Crippen LogP contribution is 2.30. The summed E-state index contributed by atoms with van der Waals surface area (Å²) in [6, 6.07) is 8.76. The van der Waals surface area contributed by atoms with Crippen molar-refractivity contribution in [3.05, 3.63) is 35.4 Å². The molecule has 0 fully saturated rings. The number of aliphatic hydroxyl groups is 1. The second-order valence-corrected chi connectivity index (χ2v) is 6.26. The summed E-state index contributed by atoms with van der Waals surface area (Å²) in [6.45, 7) is 12.9. The topological polar surface area (TPSA) is 20.2 Å². The quantitative estimate of drug-likeness (QED) is 0.834. The Morgan fingerprint density at radius 1 is 1.06 bits per heavy atom. The van der Waals surface area contributed by atoms with Crippen LogP contribution in [-0.2, 0) is 5.41 Å². The molecule has 0 amide bonds. The smallest absolute Gasteiger partial charge is 0.0543 e. The molecule has 0 bridgehead atoms. The maximum Gasteiger partial charge on any atom is 0.0543 e. The van der Waals surface area contributed by atoms with Crippen LogP contribution in [0.15, 0.2) is 24.3 Å². The van der Waals surface area contributed by atoms with Gasteiger partial charge < -0.3 is 5.11 Å². The van der Waals surface area contributed by atoms with Crippen LogP contribution in [0.4, 0.5) is 0 Å². The highest BCUT2D eigenvalue weighted by atomic mass is 16.3. The Morgan fingerprint density at radius 2 is 1.65 bits per heavy atom. The van der Waals surface area contributed by atoms with Crippen LogP contribution in [-0.4, -0.2) is 11.2 Å². The third kappa shape index (κ3) is 3.57. The Kier molecular flexibility index (Phi) is 4.37. The lowest BCUT2D eigenvalue weighted by molar-refractivity contribution is 0.122. The summed E-state index contributed by atoms with van der Waals surface area (Å²) in [5.74, 6) is 0.669. The minimum Gasteiger partial charge on any atom is -0.393 e. The van der Waals surface area contributed by atoms with Gasteiger partial charge in [-0.05, 0) is 35.3 Å². The molecule has 3 unspecified atom stereocenters. The van der Waals surface area contributed by atoms with Gasteiger partial charge in [-0.1, -0.05) is 58.9 Å². The molecule has 0 saturated heterocycles. The Labute approximate surface area is 106 Å². The molecule has 96 valence electrons. The molecule has 0 aliphatic rings. The zero-order valence-electron chi connectivity index (χ0n) is 12.0. The molecule has 17 heavy (non-hydrogen) atoms. The monoisotopic (exact) mass is 234 g/mol. The second kappa shape index (κ2) is 5.22. The predicted octanol–water partition coefficient (Wildman–Crippen LogP) is 4.10. The van der Waals surface area contributed by atoms with Crippen molar-refractivity contribution < 1.29 is 5.11 Å². The first-order chi connectivity index (χ1) is 7.73. The van der Waals surface area contributed by atoms with Crippen molar-refractivity contribution in [2.24, 2.45) is 5.92 Å². The summed E-state index contributed by atoms with van der Waals surface area (Å²) in [5.41, 5.74) is 2.87. The number of benzene rings is 1.